The van der Waals surface area contributed by atoms with Crippen molar-refractivity contribution >= 4 is 0 Å². The quantitative estimate of drug-likeness (QED) is 0.467. The van der Waals surface area contributed by atoms with Gasteiger partial charge in [-0.2, -0.15) is 0 Å². The van der Waals surface area contributed by atoms with Crippen LogP contribution < -0.4 is 0 Å². The van der Waals surface area contributed by atoms with Gasteiger partial charge in [0.05, 0.1) is 6.10 Å². The van der Waals surface area contributed by atoms with Gasteiger partial charge in [0.25, 0.3) is 0 Å². The predicted octanol–water partition coefficient (Wildman–Crippen LogP) is 7.59. The zero-order valence-corrected chi connectivity index (χ0v) is 17.8. The molecule has 0 aliphatic heterocycles. The third-order valence-corrected chi connectivity index (χ3v) is 7.56. The molecule has 1 nitrogen and oxygen atoms in total. The van der Waals surface area contributed by atoms with E-state index in [0.29, 0.717) is 11.8 Å². The molecule has 1 aromatic carbocycles. The molecule has 0 heterocycles. The lowest BCUT2D eigenvalue weighted by atomic mass is 9.74. The maximum atomic E-state index is 10.6. The molecule has 0 radical (unpaired) electrons. The lowest BCUT2D eigenvalue weighted by Crippen LogP contribution is -2.28. The highest BCUT2D eigenvalue weighted by Crippen LogP contribution is 2.40. The summed E-state index contributed by atoms with van der Waals surface area (Å²) in [4.78, 5) is 0. The molecule has 1 heteroatoms. The number of unbranched alkanes of at least 4 members (excludes halogenated alkanes) is 2. The van der Waals surface area contributed by atoms with Crippen LogP contribution in [0.5, 0.6) is 0 Å². The molecule has 27 heavy (non-hydrogen) atoms. The molecular weight excluding hydrogens is 328 g/mol. The maximum Gasteiger partial charge on any atom is 0.0574 e. The number of rotatable bonds is 8. The van der Waals surface area contributed by atoms with Crippen molar-refractivity contribution in [2.45, 2.75) is 115 Å². The molecule has 2 saturated carbocycles. The molecule has 152 valence electrons. The Labute approximate surface area is 168 Å². The van der Waals surface area contributed by atoms with E-state index in [1.165, 1.54) is 82.6 Å². The van der Waals surface area contributed by atoms with Crippen LogP contribution in [0.2, 0.25) is 0 Å². The van der Waals surface area contributed by atoms with Crippen molar-refractivity contribution in [3.05, 3.63) is 35.4 Å². The first-order valence-electron chi connectivity index (χ1n) is 12.0. The standard InChI is InChI=1S/C26H42O/c1-3-5-6-8-24-17-18-25(19-26(24)27)23-15-13-22(14-16-23)21-11-9-20(7-4-2)10-12-21/h13-16,20-21,24-27H,3-12,17-19H2,1-2H3/t20?,21?,24-,25?,26-/m1/s1. The molecule has 0 bridgehead atoms. The van der Waals surface area contributed by atoms with E-state index in [9.17, 15) is 5.11 Å². The summed E-state index contributed by atoms with van der Waals surface area (Å²) >= 11 is 0. The Morgan fingerprint density at radius 3 is 1.96 bits per heavy atom. The summed E-state index contributed by atoms with van der Waals surface area (Å²) in [5, 5.41) is 10.6. The average molecular weight is 371 g/mol. The number of aliphatic hydroxyl groups is 1. The molecule has 2 aliphatic rings. The molecule has 0 amide bonds. The maximum absolute atomic E-state index is 10.6. The summed E-state index contributed by atoms with van der Waals surface area (Å²) in [5.41, 5.74) is 3.02. The smallest absolute Gasteiger partial charge is 0.0574 e. The van der Waals surface area contributed by atoms with Gasteiger partial charge in [0, 0.05) is 0 Å². The summed E-state index contributed by atoms with van der Waals surface area (Å²) < 4.78 is 0. The third-order valence-electron chi connectivity index (χ3n) is 7.56. The molecule has 2 fully saturated rings. The van der Waals surface area contributed by atoms with Gasteiger partial charge in [-0.3, -0.25) is 0 Å². The second-order valence-corrected chi connectivity index (χ2v) is 9.51. The zero-order chi connectivity index (χ0) is 19.1. The second-order valence-electron chi connectivity index (χ2n) is 9.51. The fraction of sp³-hybridized carbons (Fsp3) is 0.769. The highest BCUT2D eigenvalue weighted by molar-refractivity contribution is 5.28. The SMILES string of the molecule is CCCCC[C@@H]1CCC(c2ccc(C3CCC(CCC)CC3)cc2)C[C@H]1O. The number of aliphatic hydroxyl groups excluding tert-OH is 1. The minimum atomic E-state index is -0.0888. The molecule has 1 unspecified atom stereocenters. The van der Waals surface area contributed by atoms with Crippen LogP contribution in [0.1, 0.15) is 120 Å². The summed E-state index contributed by atoms with van der Waals surface area (Å²) in [7, 11) is 0. The van der Waals surface area contributed by atoms with Crippen molar-refractivity contribution in [3.63, 3.8) is 0 Å². The Morgan fingerprint density at radius 1 is 0.741 bits per heavy atom. The zero-order valence-electron chi connectivity index (χ0n) is 17.8. The number of hydrogen-bond acceptors (Lipinski definition) is 1. The molecule has 3 atom stereocenters. The van der Waals surface area contributed by atoms with E-state index in [0.717, 1.165) is 18.3 Å². The van der Waals surface area contributed by atoms with Gasteiger partial charge in [0.1, 0.15) is 0 Å². The predicted molar refractivity (Wildman–Crippen MR) is 116 cm³/mol. The van der Waals surface area contributed by atoms with E-state index in [4.69, 9.17) is 0 Å². The van der Waals surface area contributed by atoms with Crippen LogP contribution in [0.15, 0.2) is 24.3 Å². The fourth-order valence-corrected chi connectivity index (χ4v) is 5.74. The molecule has 0 aromatic heterocycles. The Hall–Kier alpha value is -0.820. The van der Waals surface area contributed by atoms with Crippen molar-refractivity contribution in [2.24, 2.45) is 11.8 Å². The average Bonchev–Trinajstić information content (AvgIpc) is 2.70. The van der Waals surface area contributed by atoms with Gasteiger partial charge < -0.3 is 5.11 Å². The molecule has 0 spiro atoms. The van der Waals surface area contributed by atoms with E-state index >= 15 is 0 Å². The van der Waals surface area contributed by atoms with Crippen molar-refractivity contribution in [1.82, 2.24) is 0 Å². The Balaban J connectivity index is 1.49. The van der Waals surface area contributed by atoms with Crippen molar-refractivity contribution < 1.29 is 5.11 Å². The van der Waals surface area contributed by atoms with Crippen LogP contribution in [0.4, 0.5) is 0 Å². The molecule has 1 N–H and O–H groups in total. The van der Waals surface area contributed by atoms with E-state index in [-0.39, 0.29) is 6.10 Å². The first-order valence-corrected chi connectivity index (χ1v) is 12.0. The van der Waals surface area contributed by atoms with E-state index in [1.54, 1.807) is 5.56 Å². The molecule has 0 saturated heterocycles. The van der Waals surface area contributed by atoms with Crippen LogP contribution in [0.25, 0.3) is 0 Å². The summed E-state index contributed by atoms with van der Waals surface area (Å²) in [6, 6.07) is 9.56. The van der Waals surface area contributed by atoms with Gasteiger partial charge in [-0.05, 0) is 86.2 Å². The monoisotopic (exact) mass is 370 g/mol. The van der Waals surface area contributed by atoms with Crippen molar-refractivity contribution in [1.29, 1.82) is 0 Å². The number of hydrogen-bond donors (Lipinski definition) is 1. The lowest BCUT2D eigenvalue weighted by molar-refractivity contribution is 0.0548. The molecular formula is C26H42O. The number of benzene rings is 1. The highest BCUT2D eigenvalue weighted by Gasteiger charge is 2.29. The van der Waals surface area contributed by atoms with Gasteiger partial charge in [-0.1, -0.05) is 70.2 Å². The van der Waals surface area contributed by atoms with E-state index < -0.39 is 0 Å². The summed E-state index contributed by atoms with van der Waals surface area (Å²) in [6.45, 7) is 4.58. The van der Waals surface area contributed by atoms with Crippen LogP contribution >= 0.6 is 0 Å². The van der Waals surface area contributed by atoms with Gasteiger partial charge >= 0.3 is 0 Å². The third kappa shape index (κ3) is 5.83. The lowest BCUT2D eigenvalue weighted by Gasteiger charge is -2.34. The van der Waals surface area contributed by atoms with Gasteiger partial charge in [-0.25, -0.2) is 0 Å². The van der Waals surface area contributed by atoms with Crippen LogP contribution in [0.3, 0.4) is 0 Å². The van der Waals surface area contributed by atoms with Crippen LogP contribution in [-0.2, 0) is 0 Å². The highest BCUT2D eigenvalue weighted by atomic mass is 16.3. The summed E-state index contributed by atoms with van der Waals surface area (Å²) in [6.07, 6.45) is 16.8. The van der Waals surface area contributed by atoms with Crippen LogP contribution in [0, 0.1) is 11.8 Å². The van der Waals surface area contributed by atoms with Gasteiger partial charge in [0.2, 0.25) is 0 Å². The second kappa shape index (κ2) is 10.6. The largest absolute Gasteiger partial charge is 0.393 e. The van der Waals surface area contributed by atoms with Crippen molar-refractivity contribution in [2.75, 3.05) is 0 Å². The molecule has 1 aromatic rings. The van der Waals surface area contributed by atoms with E-state index in [2.05, 4.69) is 38.1 Å². The minimum Gasteiger partial charge on any atom is -0.393 e. The van der Waals surface area contributed by atoms with E-state index in [1.807, 2.05) is 0 Å². The molecule has 3 rings (SSSR count). The molecule has 2 aliphatic carbocycles. The Bertz CT molecular complexity index is 526. The summed E-state index contributed by atoms with van der Waals surface area (Å²) in [5.74, 6) is 2.88. The minimum absolute atomic E-state index is 0.0888. The Morgan fingerprint density at radius 2 is 1.37 bits per heavy atom. The topological polar surface area (TPSA) is 20.2 Å². The van der Waals surface area contributed by atoms with Gasteiger partial charge in [0.15, 0.2) is 0 Å². The normalized spacial score (nSPS) is 31.7. The van der Waals surface area contributed by atoms with Crippen molar-refractivity contribution in [3.8, 4) is 0 Å². The fourth-order valence-electron chi connectivity index (χ4n) is 5.74. The first kappa shape index (κ1) is 20.9. The van der Waals surface area contributed by atoms with Gasteiger partial charge in [-0.15, -0.1) is 0 Å². The van der Waals surface area contributed by atoms with Crippen LogP contribution in [-0.4, -0.2) is 11.2 Å². The Kier molecular flexibility index (Phi) is 8.24. The first-order chi connectivity index (χ1) is 13.2.